The highest BCUT2D eigenvalue weighted by Gasteiger charge is 2.01. The normalized spacial score (nSPS) is 10.8. The Hall–Kier alpha value is -2.66. The number of ether oxygens (including phenoxy) is 1. The van der Waals surface area contributed by atoms with E-state index in [0.29, 0.717) is 6.61 Å². The van der Waals surface area contributed by atoms with Crippen LogP contribution in [0.25, 0.3) is 0 Å². The van der Waals surface area contributed by atoms with Gasteiger partial charge in [0.1, 0.15) is 12.4 Å². The maximum Gasteiger partial charge on any atom is 0.203 e. The molecule has 3 aromatic rings. The van der Waals surface area contributed by atoms with Crippen molar-refractivity contribution in [3.63, 3.8) is 0 Å². The van der Waals surface area contributed by atoms with Gasteiger partial charge < -0.3 is 4.74 Å². The number of benzene rings is 2. The van der Waals surface area contributed by atoms with Gasteiger partial charge >= 0.3 is 0 Å². The Labute approximate surface area is 139 Å². The molecule has 0 atom stereocenters. The Morgan fingerprint density at radius 2 is 1.91 bits per heavy atom. The van der Waals surface area contributed by atoms with Gasteiger partial charge in [-0.05, 0) is 24.6 Å². The largest absolute Gasteiger partial charge is 0.488 e. The lowest BCUT2D eigenvalue weighted by Crippen LogP contribution is -1.99. The van der Waals surface area contributed by atoms with Crippen LogP contribution in [0.1, 0.15) is 16.8 Å². The third-order valence-electron chi connectivity index (χ3n) is 3.14. The van der Waals surface area contributed by atoms with Crippen molar-refractivity contribution in [1.29, 1.82) is 0 Å². The summed E-state index contributed by atoms with van der Waals surface area (Å²) >= 11 is 1.53. The summed E-state index contributed by atoms with van der Waals surface area (Å²) < 4.78 is 5.90. The molecule has 0 saturated heterocycles. The standard InChI is InChI=1S/C18H17N3OS/c1-14-13-23-18(20-14)21-19-11-16-9-5-6-10-17(16)22-12-15-7-3-2-4-8-15/h2-11,13H,12H2,1H3,(H,20,21)/b19-11-. The van der Waals surface area contributed by atoms with E-state index in [1.165, 1.54) is 11.3 Å². The molecule has 5 heteroatoms. The molecule has 0 aliphatic heterocycles. The third kappa shape index (κ3) is 4.40. The molecule has 0 aliphatic rings. The number of hydrogen-bond donors (Lipinski definition) is 1. The molecular weight excluding hydrogens is 306 g/mol. The van der Waals surface area contributed by atoms with Crippen LogP contribution in [0.4, 0.5) is 5.13 Å². The molecular formula is C18H17N3OS. The number of thiazole rings is 1. The molecule has 0 radical (unpaired) electrons. The number of aryl methyl sites for hydroxylation is 1. The van der Waals surface area contributed by atoms with Crippen molar-refractivity contribution < 1.29 is 4.74 Å². The molecule has 1 heterocycles. The Morgan fingerprint density at radius 1 is 1.13 bits per heavy atom. The minimum absolute atomic E-state index is 0.533. The zero-order valence-electron chi connectivity index (χ0n) is 12.8. The molecule has 116 valence electrons. The van der Waals surface area contributed by atoms with E-state index in [0.717, 1.165) is 27.7 Å². The van der Waals surface area contributed by atoms with Crippen LogP contribution in [-0.4, -0.2) is 11.2 Å². The number of aromatic nitrogens is 1. The molecule has 0 fully saturated rings. The van der Waals surface area contributed by atoms with Crippen molar-refractivity contribution in [3.8, 4) is 5.75 Å². The predicted octanol–water partition coefficient (Wildman–Crippen LogP) is 4.48. The second kappa shape index (κ2) is 7.56. The highest BCUT2D eigenvalue weighted by Crippen LogP contribution is 2.18. The summed E-state index contributed by atoms with van der Waals surface area (Å²) in [5.74, 6) is 0.803. The van der Waals surface area contributed by atoms with Gasteiger partial charge in [0.25, 0.3) is 0 Å². The van der Waals surface area contributed by atoms with E-state index in [1.54, 1.807) is 6.21 Å². The average Bonchev–Trinajstić information content (AvgIpc) is 3.00. The fourth-order valence-corrected chi connectivity index (χ4v) is 2.65. The van der Waals surface area contributed by atoms with Crippen LogP contribution >= 0.6 is 11.3 Å². The highest BCUT2D eigenvalue weighted by atomic mass is 32.1. The van der Waals surface area contributed by atoms with E-state index in [4.69, 9.17) is 4.74 Å². The Balaban J connectivity index is 1.65. The first-order valence-electron chi connectivity index (χ1n) is 7.28. The van der Waals surface area contributed by atoms with E-state index in [1.807, 2.05) is 66.9 Å². The van der Waals surface area contributed by atoms with Crippen molar-refractivity contribution >= 4 is 22.7 Å². The van der Waals surface area contributed by atoms with Gasteiger partial charge in [0.05, 0.1) is 11.9 Å². The van der Waals surface area contributed by atoms with Gasteiger partial charge in [-0.25, -0.2) is 4.98 Å². The summed E-state index contributed by atoms with van der Waals surface area (Å²) in [4.78, 5) is 4.30. The lowest BCUT2D eigenvalue weighted by Gasteiger charge is -2.08. The molecule has 0 aliphatic carbocycles. The average molecular weight is 323 g/mol. The van der Waals surface area contributed by atoms with E-state index < -0.39 is 0 Å². The van der Waals surface area contributed by atoms with Crippen molar-refractivity contribution in [2.24, 2.45) is 5.10 Å². The zero-order valence-corrected chi connectivity index (χ0v) is 13.6. The molecule has 0 unspecified atom stereocenters. The van der Waals surface area contributed by atoms with Gasteiger partial charge in [-0.1, -0.05) is 42.5 Å². The van der Waals surface area contributed by atoms with Gasteiger partial charge in [-0.3, -0.25) is 5.43 Å². The van der Waals surface area contributed by atoms with Gasteiger partial charge in [0, 0.05) is 10.9 Å². The molecule has 0 saturated carbocycles. The second-order valence-electron chi connectivity index (χ2n) is 4.98. The predicted molar refractivity (Wildman–Crippen MR) is 95.3 cm³/mol. The van der Waals surface area contributed by atoms with Crippen LogP contribution in [0.15, 0.2) is 65.1 Å². The summed E-state index contributed by atoms with van der Waals surface area (Å²) in [5, 5.41) is 6.99. The van der Waals surface area contributed by atoms with Gasteiger partial charge in [-0.2, -0.15) is 5.10 Å². The molecule has 2 aromatic carbocycles. The number of nitrogens with zero attached hydrogens (tertiary/aromatic N) is 2. The molecule has 0 bridgehead atoms. The molecule has 1 N–H and O–H groups in total. The fourth-order valence-electron chi connectivity index (χ4n) is 2.02. The van der Waals surface area contributed by atoms with Gasteiger partial charge in [-0.15, -0.1) is 11.3 Å². The minimum Gasteiger partial charge on any atom is -0.488 e. The summed E-state index contributed by atoms with van der Waals surface area (Å²) in [5.41, 5.74) is 5.98. The lowest BCUT2D eigenvalue weighted by atomic mass is 10.2. The topological polar surface area (TPSA) is 46.5 Å². The number of anilines is 1. The molecule has 3 rings (SSSR count). The van der Waals surface area contributed by atoms with Crippen LogP contribution in [0.3, 0.4) is 0 Å². The first-order chi connectivity index (χ1) is 11.3. The maximum absolute atomic E-state index is 5.90. The van der Waals surface area contributed by atoms with Crippen LogP contribution in [0.5, 0.6) is 5.75 Å². The summed E-state index contributed by atoms with van der Waals surface area (Å²) in [6, 6.07) is 17.9. The Bertz CT molecular complexity index is 784. The highest BCUT2D eigenvalue weighted by molar-refractivity contribution is 7.13. The molecule has 0 amide bonds. The first-order valence-corrected chi connectivity index (χ1v) is 8.16. The van der Waals surface area contributed by atoms with E-state index in [2.05, 4.69) is 15.5 Å². The van der Waals surface area contributed by atoms with Crippen molar-refractivity contribution in [1.82, 2.24) is 4.98 Å². The quantitative estimate of drug-likeness (QED) is 0.537. The number of rotatable bonds is 6. The Morgan fingerprint density at radius 3 is 2.70 bits per heavy atom. The zero-order chi connectivity index (χ0) is 15.9. The monoisotopic (exact) mass is 323 g/mol. The van der Waals surface area contributed by atoms with E-state index in [-0.39, 0.29) is 0 Å². The van der Waals surface area contributed by atoms with Crippen molar-refractivity contribution in [2.75, 3.05) is 5.43 Å². The molecule has 0 spiro atoms. The van der Waals surface area contributed by atoms with Crippen LogP contribution < -0.4 is 10.2 Å². The van der Waals surface area contributed by atoms with Crippen LogP contribution in [0.2, 0.25) is 0 Å². The minimum atomic E-state index is 0.533. The fraction of sp³-hybridized carbons (Fsp3) is 0.111. The van der Waals surface area contributed by atoms with E-state index in [9.17, 15) is 0 Å². The number of para-hydroxylation sites is 1. The van der Waals surface area contributed by atoms with Crippen molar-refractivity contribution in [3.05, 3.63) is 76.8 Å². The SMILES string of the molecule is Cc1csc(N/N=C\c2ccccc2OCc2ccccc2)n1. The number of hydrazone groups is 1. The summed E-state index contributed by atoms with van der Waals surface area (Å²) in [7, 11) is 0. The first kappa shape index (κ1) is 15.2. The lowest BCUT2D eigenvalue weighted by molar-refractivity contribution is 0.306. The van der Waals surface area contributed by atoms with Gasteiger partial charge in [0.15, 0.2) is 0 Å². The van der Waals surface area contributed by atoms with Crippen molar-refractivity contribution in [2.45, 2.75) is 13.5 Å². The maximum atomic E-state index is 5.90. The third-order valence-corrected chi connectivity index (χ3v) is 4.00. The van der Waals surface area contributed by atoms with E-state index >= 15 is 0 Å². The second-order valence-corrected chi connectivity index (χ2v) is 5.83. The smallest absolute Gasteiger partial charge is 0.203 e. The van der Waals surface area contributed by atoms with Gasteiger partial charge in [0.2, 0.25) is 5.13 Å². The molecule has 23 heavy (non-hydrogen) atoms. The number of nitrogens with one attached hydrogen (secondary N) is 1. The molecule has 4 nitrogen and oxygen atoms in total. The molecule has 1 aromatic heterocycles. The number of hydrogen-bond acceptors (Lipinski definition) is 5. The van der Waals surface area contributed by atoms with Crippen LogP contribution in [-0.2, 0) is 6.61 Å². The Kier molecular flexibility index (Phi) is 5.01. The summed E-state index contributed by atoms with van der Waals surface area (Å²) in [6.45, 7) is 2.49. The summed E-state index contributed by atoms with van der Waals surface area (Å²) in [6.07, 6.45) is 1.75. The van der Waals surface area contributed by atoms with Crippen LogP contribution in [0, 0.1) is 6.92 Å².